The van der Waals surface area contributed by atoms with Crippen molar-refractivity contribution in [3.05, 3.63) is 48.0 Å². The number of rotatable bonds is 0. The Morgan fingerprint density at radius 1 is 0.933 bits per heavy atom. The fraction of sp³-hybridized carbons (Fsp3) is 0.0769. The molecule has 0 spiro atoms. The summed E-state index contributed by atoms with van der Waals surface area (Å²) in [5, 5.41) is 12.2. The van der Waals surface area contributed by atoms with E-state index in [2.05, 4.69) is 13.0 Å². The van der Waals surface area contributed by atoms with Crippen LogP contribution in [0.4, 0.5) is 0 Å². The lowest BCUT2D eigenvalue weighted by molar-refractivity contribution is 0.213. The molecule has 74 valence electrons. The minimum atomic E-state index is 0.859. The van der Waals surface area contributed by atoms with Gasteiger partial charge in [0.15, 0.2) is 0 Å². The van der Waals surface area contributed by atoms with Gasteiger partial charge in [0, 0.05) is 10.8 Å². The molecule has 3 rings (SSSR count). The lowest BCUT2D eigenvalue weighted by Gasteiger charge is -1.95. The summed E-state index contributed by atoms with van der Waals surface area (Å²) in [5.74, 6) is 0. The molecule has 15 heavy (non-hydrogen) atoms. The smallest absolute Gasteiger partial charge is 0.0879 e. The minimum absolute atomic E-state index is 0.859. The van der Waals surface area contributed by atoms with Crippen molar-refractivity contribution in [2.24, 2.45) is 0 Å². The summed E-state index contributed by atoms with van der Waals surface area (Å²) in [5.41, 5.74) is 2.93. The molecule has 0 saturated carbocycles. The van der Waals surface area contributed by atoms with Gasteiger partial charge in [-0.25, -0.2) is 0 Å². The van der Waals surface area contributed by atoms with E-state index >= 15 is 0 Å². The van der Waals surface area contributed by atoms with E-state index in [0.29, 0.717) is 0 Å². The van der Waals surface area contributed by atoms with Crippen LogP contribution in [-0.2, 0) is 0 Å². The van der Waals surface area contributed by atoms with Crippen LogP contribution >= 0.6 is 0 Å². The molecule has 1 aromatic heterocycles. The Kier molecular flexibility index (Phi) is 1.54. The van der Waals surface area contributed by atoms with Crippen molar-refractivity contribution in [1.29, 1.82) is 0 Å². The van der Waals surface area contributed by atoms with Crippen molar-refractivity contribution < 1.29 is 5.21 Å². The zero-order chi connectivity index (χ0) is 10.4. The maximum Gasteiger partial charge on any atom is 0.0879 e. The summed E-state index contributed by atoms with van der Waals surface area (Å²) in [4.78, 5) is 0. The summed E-state index contributed by atoms with van der Waals surface area (Å²) in [7, 11) is 0. The van der Waals surface area contributed by atoms with Crippen molar-refractivity contribution in [3.63, 3.8) is 0 Å². The molecule has 1 heterocycles. The molecule has 3 aromatic rings. The van der Waals surface area contributed by atoms with E-state index in [0.717, 1.165) is 21.8 Å². The fourth-order valence-corrected chi connectivity index (χ4v) is 2.07. The Labute approximate surface area is 87.3 Å². The predicted octanol–water partition coefficient (Wildman–Crippen LogP) is 3.34. The Balaban J connectivity index is 2.64. The van der Waals surface area contributed by atoms with Crippen LogP contribution < -0.4 is 0 Å². The van der Waals surface area contributed by atoms with Crippen LogP contribution in [0.25, 0.3) is 21.8 Å². The molecule has 0 saturated heterocycles. The number of nitrogens with zero attached hydrogens (tertiary/aromatic N) is 1. The van der Waals surface area contributed by atoms with Crippen LogP contribution in [0.15, 0.2) is 42.5 Å². The Morgan fingerprint density at radius 3 is 2.53 bits per heavy atom. The van der Waals surface area contributed by atoms with Gasteiger partial charge in [-0.3, -0.25) is 0 Å². The van der Waals surface area contributed by atoms with Crippen molar-refractivity contribution >= 4 is 21.8 Å². The van der Waals surface area contributed by atoms with Crippen molar-refractivity contribution in [2.75, 3.05) is 0 Å². The first kappa shape index (κ1) is 8.36. The van der Waals surface area contributed by atoms with Crippen molar-refractivity contribution in [3.8, 4) is 0 Å². The molecule has 1 N–H and O–H groups in total. The van der Waals surface area contributed by atoms with Crippen LogP contribution in [-0.4, -0.2) is 9.94 Å². The van der Waals surface area contributed by atoms with E-state index in [4.69, 9.17) is 0 Å². The normalized spacial score (nSPS) is 11.3. The molecule has 0 radical (unpaired) electrons. The largest absolute Gasteiger partial charge is 0.428 e. The third-order valence-corrected chi connectivity index (χ3v) is 2.80. The molecule has 0 atom stereocenters. The Hall–Kier alpha value is -1.96. The van der Waals surface area contributed by atoms with Crippen LogP contribution in [0, 0.1) is 6.92 Å². The summed E-state index contributed by atoms with van der Waals surface area (Å²) in [6.45, 7) is 2.06. The highest BCUT2D eigenvalue weighted by molar-refractivity contribution is 6.07. The number of hydrogen-bond donors (Lipinski definition) is 1. The topological polar surface area (TPSA) is 25.2 Å². The number of aryl methyl sites for hydroxylation is 1. The van der Waals surface area contributed by atoms with E-state index in [1.807, 2.05) is 36.4 Å². The van der Waals surface area contributed by atoms with E-state index in [1.165, 1.54) is 10.3 Å². The number of benzene rings is 2. The number of fused-ring (bicyclic) bond motifs is 3. The van der Waals surface area contributed by atoms with E-state index in [-0.39, 0.29) is 0 Å². The van der Waals surface area contributed by atoms with E-state index < -0.39 is 0 Å². The maximum atomic E-state index is 9.96. The molecule has 0 bridgehead atoms. The fourth-order valence-electron chi connectivity index (χ4n) is 2.07. The predicted molar refractivity (Wildman–Crippen MR) is 61.4 cm³/mol. The third-order valence-electron chi connectivity index (χ3n) is 2.80. The first-order chi connectivity index (χ1) is 7.27. The maximum absolute atomic E-state index is 9.96. The quantitative estimate of drug-likeness (QED) is 0.549. The lowest BCUT2D eigenvalue weighted by atomic mass is 10.1. The first-order valence-electron chi connectivity index (χ1n) is 4.96. The Bertz CT molecular complexity index is 652. The van der Waals surface area contributed by atoms with Gasteiger partial charge in [-0.2, -0.15) is 4.73 Å². The van der Waals surface area contributed by atoms with Gasteiger partial charge in [0.2, 0.25) is 0 Å². The SMILES string of the molecule is Cc1ccc2c(c1)c1ccccc1n2O. The van der Waals surface area contributed by atoms with Gasteiger partial charge in [-0.15, -0.1) is 0 Å². The molecule has 2 aromatic carbocycles. The summed E-state index contributed by atoms with van der Waals surface area (Å²) in [6, 6.07) is 13.9. The van der Waals surface area contributed by atoms with Gasteiger partial charge in [-0.05, 0) is 25.1 Å². The van der Waals surface area contributed by atoms with Crippen LogP contribution in [0.2, 0.25) is 0 Å². The van der Waals surface area contributed by atoms with E-state index in [1.54, 1.807) is 0 Å². The number of para-hydroxylation sites is 1. The zero-order valence-corrected chi connectivity index (χ0v) is 8.44. The van der Waals surface area contributed by atoms with Gasteiger partial charge in [0.25, 0.3) is 0 Å². The van der Waals surface area contributed by atoms with Gasteiger partial charge < -0.3 is 5.21 Å². The standard InChI is InChI=1S/C13H11NO/c1-9-6-7-13-11(8-9)10-4-2-3-5-12(10)14(13)15/h2-8,15H,1H3. The molecule has 0 fully saturated rings. The zero-order valence-electron chi connectivity index (χ0n) is 8.44. The Morgan fingerprint density at radius 2 is 1.67 bits per heavy atom. The second-order valence-corrected chi connectivity index (χ2v) is 3.85. The van der Waals surface area contributed by atoms with Gasteiger partial charge in [-0.1, -0.05) is 29.8 Å². The molecule has 0 aliphatic rings. The molecule has 2 heteroatoms. The van der Waals surface area contributed by atoms with Crippen molar-refractivity contribution in [2.45, 2.75) is 6.92 Å². The summed E-state index contributed by atoms with van der Waals surface area (Å²) < 4.78 is 1.25. The monoisotopic (exact) mass is 197 g/mol. The highest BCUT2D eigenvalue weighted by Gasteiger charge is 2.08. The summed E-state index contributed by atoms with van der Waals surface area (Å²) >= 11 is 0. The second kappa shape index (κ2) is 2.76. The molecule has 0 amide bonds. The number of aromatic nitrogens is 1. The minimum Gasteiger partial charge on any atom is -0.428 e. The third kappa shape index (κ3) is 1.05. The first-order valence-corrected chi connectivity index (χ1v) is 4.96. The van der Waals surface area contributed by atoms with Crippen LogP contribution in [0.1, 0.15) is 5.56 Å². The van der Waals surface area contributed by atoms with Crippen LogP contribution in [0.3, 0.4) is 0 Å². The average Bonchev–Trinajstić information content (AvgIpc) is 2.54. The molecule has 0 unspecified atom stereocenters. The summed E-state index contributed by atoms with van der Waals surface area (Å²) in [6.07, 6.45) is 0. The van der Waals surface area contributed by atoms with E-state index in [9.17, 15) is 5.21 Å². The second-order valence-electron chi connectivity index (χ2n) is 3.85. The molecule has 0 aliphatic heterocycles. The lowest BCUT2D eigenvalue weighted by Crippen LogP contribution is -1.87. The van der Waals surface area contributed by atoms with Crippen LogP contribution in [0.5, 0.6) is 0 Å². The molecular formula is C13H11NO. The van der Waals surface area contributed by atoms with Gasteiger partial charge in [0.1, 0.15) is 0 Å². The highest BCUT2D eigenvalue weighted by atomic mass is 16.5. The van der Waals surface area contributed by atoms with Crippen molar-refractivity contribution in [1.82, 2.24) is 4.73 Å². The van der Waals surface area contributed by atoms with Gasteiger partial charge >= 0.3 is 0 Å². The molecule has 0 aliphatic carbocycles. The number of hydrogen-bond acceptors (Lipinski definition) is 1. The highest BCUT2D eigenvalue weighted by Crippen LogP contribution is 2.28. The van der Waals surface area contributed by atoms with Gasteiger partial charge in [0.05, 0.1) is 11.0 Å². The average molecular weight is 197 g/mol. The molecule has 2 nitrogen and oxygen atoms in total. The molecular weight excluding hydrogens is 186 g/mol.